The molecule has 2 aromatic heterocycles. The summed E-state index contributed by atoms with van der Waals surface area (Å²) < 4.78 is 1.54. The number of aryl methyl sites for hydroxylation is 2. The van der Waals surface area contributed by atoms with E-state index in [0.29, 0.717) is 34.5 Å². The average Bonchev–Trinajstić information content (AvgIpc) is 3.43. The summed E-state index contributed by atoms with van der Waals surface area (Å²) in [6, 6.07) is 13.7. The fraction of sp³-hybridized carbons (Fsp3) is 0.286. The second kappa shape index (κ2) is 7.00. The smallest absolute Gasteiger partial charge is 0.257 e. The Hall–Kier alpha value is -2.53. The first-order valence-corrected chi connectivity index (χ1v) is 9.71. The molecule has 1 saturated carbocycles. The van der Waals surface area contributed by atoms with Gasteiger partial charge >= 0.3 is 0 Å². The second-order valence-electron chi connectivity index (χ2n) is 6.76. The van der Waals surface area contributed by atoms with E-state index in [0.717, 1.165) is 11.1 Å². The van der Waals surface area contributed by atoms with Gasteiger partial charge in [-0.05, 0) is 49.3 Å². The van der Waals surface area contributed by atoms with Gasteiger partial charge in [0.05, 0.1) is 10.6 Å². The SMILES string of the molecule is Cc1nc(-n2ccc(C3CC3)cc2=O)sc1C(=O)CCc1ccccc1. The van der Waals surface area contributed by atoms with Gasteiger partial charge in [-0.2, -0.15) is 0 Å². The normalized spacial score (nSPS) is 13.7. The van der Waals surface area contributed by atoms with E-state index in [2.05, 4.69) is 4.98 Å². The minimum absolute atomic E-state index is 0.0774. The third kappa shape index (κ3) is 3.53. The molecule has 0 N–H and O–H groups in total. The summed E-state index contributed by atoms with van der Waals surface area (Å²) in [6.07, 6.45) is 5.27. The number of carbonyl (C=O) groups excluding carboxylic acids is 1. The summed E-state index contributed by atoms with van der Waals surface area (Å²) in [5.74, 6) is 0.628. The zero-order valence-corrected chi connectivity index (χ0v) is 15.5. The van der Waals surface area contributed by atoms with Crippen LogP contribution >= 0.6 is 11.3 Å². The zero-order chi connectivity index (χ0) is 18.1. The van der Waals surface area contributed by atoms with Crippen LogP contribution in [-0.2, 0) is 6.42 Å². The lowest BCUT2D eigenvalue weighted by atomic mass is 10.1. The van der Waals surface area contributed by atoms with E-state index >= 15 is 0 Å². The van der Waals surface area contributed by atoms with Crippen LogP contribution < -0.4 is 5.56 Å². The van der Waals surface area contributed by atoms with Crippen LogP contribution in [0.2, 0.25) is 0 Å². The molecule has 0 aliphatic heterocycles. The maximum atomic E-state index is 12.6. The molecule has 2 heterocycles. The first-order chi connectivity index (χ1) is 12.6. The minimum atomic E-state index is -0.0774. The molecular weight excluding hydrogens is 344 g/mol. The summed E-state index contributed by atoms with van der Waals surface area (Å²) in [7, 11) is 0. The Morgan fingerprint density at radius 3 is 2.69 bits per heavy atom. The van der Waals surface area contributed by atoms with Gasteiger partial charge in [-0.1, -0.05) is 41.7 Å². The van der Waals surface area contributed by atoms with Gasteiger partial charge in [0.1, 0.15) is 0 Å². The van der Waals surface area contributed by atoms with Crippen molar-refractivity contribution < 1.29 is 4.79 Å². The van der Waals surface area contributed by atoms with Crippen LogP contribution in [0.5, 0.6) is 0 Å². The maximum absolute atomic E-state index is 12.6. The molecule has 0 unspecified atom stereocenters. The number of ketones is 1. The van der Waals surface area contributed by atoms with Gasteiger partial charge in [-0.3, -0.25) is 14.2 Å². The van der Waals surface area contributed by atoms with Crippen molar-refractivity contribution in [1.82, 2.24) is 9.55 Å². The Morgan fingerprint density at radius 2 is 2.00 bits per heavy atom. The third-order valence-electron chi connectivity index (χ3n) is 4.72. The lowest BCUT2D eigenvalue weighted by molar-refractivity contribution is 0.0986. The van der Waals surface area contributed by atoms with Crippen LogP contribution in [0.1, 0.15) is 51.7 Å². The number of benzene rings is 1. The molecule has 0 atom stereocenters. The number of Topliss-reactive ketones (excluding diaryl/α,β-unsaturated/α-hetero) is 1. The van der Waals surface area contributed by atoms with Gasteiger partial charge in [-0.15, -0.1) is 0 Å². The van der Waals surface area contributed by atoms with Crippen LogP contribution in [0.3, 0.4) is 0 Å². The quantitative estimate of drug-likeness (QED) is 0.613. The van der Waals surface area contributed by atoms with E-state index in [-0.39, 0.29) is 11.3 Å². The Kier molecular flexibility index (Phi) is 4.55. The summed E-state index contributed by atoms with van der Waals surface area (Å²) >= 11 is 1.30. The monoisotopic (exact) mass is 364 g/mol. The van der Waals surface area contributed by atoms with E-state index in [1.165, 1.54) is 28.7 Å². The highest BCUT2D eigenvalue weighted by Crippen LogP contribution is 2.39. The molecule has 26 heavy (non-hydrogen) atoms. The van der Waals surface area contributed by atoms with E-state index < -0.39 is 0 Å². The third-order valence-corrected chi connectivity index (χ3v) is 5.92. The van der Waals surface area contributed by atoms with E-state index in [4.69, 9.17) is 0 Å². The molecule has 0 spiro atoms. The molecule has 1 aliphatic rings. The van der Waals surface area contributed by atoms with Gasteiger partial charge < -0.3 is 0 Å². The molecule has 132 valence electrons. The molecule has 0 bridgehead atoms. The largest absolute Gasteiger partial charge is 0.293 e. The number of aromatic nitrogens is 2. The molecule has 0 radical (unpaired) electrons. The van der Waals surface area contributed by atoms with Crippen molar-refractivity contribution in [1.29, 1.82) is 0 Å². The summed E-state index contributed by atoms with van der Waals surface area (Å²) in [4.78, 5) is 30.1. The van der Waals surface area contributed by atoms with Crippen molar-refractivity contribution in [3.05, 3.63) is 80.7 Å². The van der Waals surface area contributed by atoms with Crippen LogP contribution in [-0.4, -0.2) is 15.3 Å². The van der Waals surface area contributed by atoms with Crippen LogP contribution in [0.4, 0.5) is 0 Å². The molecule has 4 nitrogen and oxygen atoms in total. The highest BCUT2D eigenvalue weighted by molar-refractivity contribution is 7.16. The predicted octanol–water partition coefficient (Wildman–Crippen LogP) is 4.30. The molecule has 1 aliphatic carbocycles. The number of carbonyl (C=O) groups is 1. The Balaban J connectivity index is 1.53. The van der Waals surface area contributed by atoms with Crippen molar-refractivity contribution in [2.75, 3.05) is 0 Å². The average molecular weight is 364 g/mol. The molecule has 0 amide bonds. The van der Waals surface area contributed by atoms with Crippen molar-refractivity contribution in [3.63, 3.8) is 0 Å². The van der Waals surface area contributed by atoms with Gasteiger partial charge in [0, 0.05) is 18.7 Å². The lowest BCUT2D eigenvalue weighted by Crippen LogP contribution is -2.16. The summed E-state index contributed by atoms with van der Waals surface area (Å²) in [5, 5.41) is 0.568. The number of thiazole rings is 1. The van der Waals surface area contributed by atoms with Gasteiger partial charge in [0.15, 0.2) is 10.9 Å². The van der Waals surface area contributed by atoms with E-state index in [1.807, 2.05) is 43.3 Å². The fourth-order valence-electron chi connectivity index (χ4n) is 3.08. The molecular formula is C21H20N2O2S. The lowest BCUT2D eigenvalue weighted by Gasteiger charge is -2.02. The van der Waals surface area contributed by atoms with E-state index in [9.17, 15) is 9.59 Å². The Bertz CT molecular complexity index is 1000. The Morgan fingerprint density at radius 1 is 1.23 bits per heavy atom. The number of rotatable bonds is 6. The minimum Gasteiger partial charge on any atom is -0.293 e. The van der Waals surface area contributed by atoms with Crippen LogP contribution in [0, 0.1) is 6.92 Å². The first kappa shape index (κ1) is 16.9. The standard InChI is InChI=1S/C21H20N2O2S/c1-14-20(18(24)10-7-15-5-3-2-4-6-15)26-21(22-14)23-12-11-17(13-19(23)25)16-8-9-16/h2-6,11-13,16H,7-10H2,1H3. The highest BCUT2D eigenvalue weighted by Gasteiger charge is 2.24. The first-order valence-electron chi connectivity index (χ1n) is 8.89. The molecule has 1 aromatic carbocycles. The maximum Gasteiger partial charge on any atom is 0.257 e. The molecule has 1 fully saturated rings. The zero-order valence-electron chi connectivity index (χ0n) is 14.6. The topological polar surface area (TPSA) is 52.0 Å². The fourth-order valence-corrected chi connectivity index (χ4v) is 4.11. The molecule has 5 heteroatoms. The molecule has 4 rings (SSSR count). The van der Waals surface area contributed by atoms with Crippen molar-refractivity contribution >= 4 is 17.1 Å². The van der Waals surface area contributed by atoms with Gasteiger partial charge in [-0.25, -0.2) is 4.98 Å². The second-order valence-corrected chi connectivity index (χ2v) is 7.74. The van der Waals surface area contributed by atoms with Crippen LogP contribution in [0.15, 0.2) is 53.5 Å². The van der Waals surface area contributed by atoms with Gasteiger partial charge in [0.25, 0.3) is 5.56 Å². The van der Waals surface area contributed by atoms with Gasteiger partial charge in [0.2, 0.25) is 0 Å². The number of hydrogen-bond donors (Lipinski definition) is 0. The molecule has 3 aromatic rings. The van der Waals surface area contributed by atoms with E-state index in [1.54, 1.807) is 12.3 Å². The predicted molar refractivity (Wildman–Crippen MR) is 104 cm³/mol. The number of hydrogen-bond acceptors (Lipinski definition) is 4. The number of nitrogens with zero attached hydrogens (tertiary/aromatic N) is 2. The van der Waals surface area contributed by atoms with Crippen LogP contribution in [0.25, 0.3) is 5.13 Å². The van der Waals surface area contributed by atoms with Crippen molar-refractivity contribution in [3.8, 4) is 5.13 Å². The summed E-state index contributed by atoms with van der Waals surface area (Å²) in [5.41, 5.74) is 2.88. The highest BCUT2D eigenvalue weighted by atomic mass is 32.1. The molecule has 0 saturated heterocycles. The van der Waals surface area contributed by atoms with Crippen molar-refractivity contribution in [2.24, 2.45) is 0 Å². The number of pyridine rings is 1. The van der Waals surface area contributed by atoms with Crippen molar-refractivity contribution in [2.45, 2.75) is 38.5 Å². The Labute approximate surface area is 156 Å². The summed E-state index contributed by atoms with van der Waals surface area (Å²) in [6.45, 7) is 1.83.